The van der Waals surface area contributed by atoms with Crippen molar-refractivity contribution >= 4 is 22.8 Å². The van der Waals surface area contributed by atoms with Crippen LogP contribution in [0.2, 0.25) is 0 Å². The maximum atomic E-state index is 14.7. The van der Waals surface area contributed by atoms with Gasteiger partial charge in [-0.05, 0) is 57.6 Å². The fourth-order valence-electron chi connectivity index (χ4n) is 4.97. The minimum absolute atomic E-state index is 0.0781. The predicted octanol–water partition coefficient (Wildman–Crippen LogP) is 3.13. The number of alkyl halides is 1. The van der Waals surface area contributed by atoms with Crippen LogP contribution in [0.5, 0.6) is 5.75 Å². The predicted molar refractivity (Wildman–Crippen MR) is 136 cm³/mol. The van der Waals surface area contributed by atoms with Gasteiger partial charge in [-0.3, -0.25) is 9.59 Å². The van der Waals surface area contributed by atoms with Gasteiger partial charge in [-0.1, -0.05) is 11.6 Å². The summed E-state index contributed by atoms with van der Waals surface area (Å²) in [5.74, 6) is 0.412. The number of hydrogen-bond donors (Lipinski definition) is 4. The number of aryl methyl sites for hydroxylation is 2. The molecular weight excluding hydrogens is 477 g/mol. The molecule has 4 N–H and O–H groups in total. The number of aliphatic hydroxyl groups excluding tert-OH is 1. The number of hydrogen-bond acceptors (Lipinski definition) is 6. The molecule has 2 amide bonds. The van der Waals surface area contributed by atoms with Crippen molar-refractivity contribution in [2.75, 3.05) is 13.2 Å². The molecule has 2 aliphatic carbocycles. The topological polar surface area (TPSA) is 129 Å². The van der Waals surface area contributed by atoms with E-state index in [-0.39, 0.29) is 18.4 Å². The maximum absolute atomic E-state index is 14.7. The average Bonchev–Trinajstić information content (AvgIpc) is 3.64. The van der Waals surface area contributed by atoms with E-state index in [2.05, 4.69) is 25.6 Å². The quantitative estimate of drug-likeness (QED) is 0.369. The highest BCUT2D eigenvalue weighted by atomic mass is 19.1. The van der Waals surface area contributed by atoms with Crippen LogP contribution in [-0.4, -0.2) is 63.3 Å². The lowest BCUT2D eigenvalue weighted by molar-refractivity contribution is -0.125. The van der Waals surface area contributed by atoms with E-state index in [1.165, 1.54) is 19.2 Å². The molecule has 2 heterocycles. The van der Waals surface area contributed by atoms with Gasteiger partial charge < -0.3 is 25.5 Å². The number of ether oxygens (including phenoxy) is 1. The highest BCUT2D eigenvalue weighted by molar-refractivity contribution is 6.09. The molecule has 1 aromatic carbocycles. The van der Waals surface area contributed by atoms with Crippen molar-refractivity contribution in [2.45, 2.75) is 64.2 Å². The number of carbonyl (C=O) groups excluding carboxylic acids is 2. The zero-order chi connectivity index (χ0) is 26.1. The third-order valence-corrected chi connectivity index (χ3v) is 7.16. The zero-order valence-electron chi connectivity index (χ0n) is 21.0. The second-order valence-electron chi connectivity index (χ2n) is 10.2. The Morgan fingerprint density at radius 3 is 2.70 bits per heavy atom. The third-order valence-electron chi connectivity index (χ3n) is 7.16. The fourth-order valence-corrected chi connectivity index (χ4v) is 4.97. The highest BCUT2D eigenvalue weighted by Gasteiger charge is 2.33. The standard InChI is InChI=1S/C27H32FN5O4/c1-14-3-8-21(37-12-16-4-5-16)18(9-14)24-26-25(30-13-29-24)23(15(2)31-26)27(36)32-17-6-7-20(19(28)10-17)33-22(35)11-34/h3,8-9,13,16-17,19-20,31,34H,4-7,10-12H2,1-2H3,(H,32,36)(H,33,35)/t17-,19+,20-/m0/s1. The number of nitrogens with zero attached hydrogens (tertiary/aromatic N) is 2. The van der Waals surface area contributed by atoms with Gasteiger partial charge in [-0.2, -0.15) is 0 Å². The van der Waals surface area contributed by atoms with E-state index in [0.29, 0.717) is 53.4 Å². The molecule has 0 bridgehead atoms. The van der Waals surface area contributed by atoms with E-state index in [4.69, 9.17) is 9.84 Å². The zero-order valence-corrected chi connectivity index (χ0v) is 21.0. The Morgan fingerprint density at radius 2 is 1.97 bits per heavy atom. The van der Waals surface area contributed by atoms with Crippen LogP contribution in [0.25, 0.3) is 22.3 Å². The van der Waals surface area contributed by atoms with Crippen molar-refractivity contribution in [1.29, 1.82) is 0 Å². The summed E-state index contributed by atoms with van der Waals surface area (Å²) in [6.45, 7) is 3.81. The van der Waals surface area contributed by atoms with E-state index in [1.54, 1.807) is 6.92 Å². The van der Waals surface area contributed by atoms with E-state index < -0.39 is 24.7 Å². The molecule has 2 aromatic heterocycles. The Kier molecular flexibility index (Phi) is 7.10. The summed E-state index contributed by atoms with van der Waals surface area (Å²) in [4.78, 5) is 37.0. The lowest BCUT2D eigenvalue weighted by atomic mass is 9.89. The Balaban J connectivity index is 1.38. The van der Waals surface area contributed by atoms with Crippen LogP contribution in [0.1, 0.15) is 53.7 Å². The number of rotatable bonds is 8. The number of H-pyrrole nitrogens is 1. The normalized spacial score (nSPS) is 21.6. The van der Waals surface area contributed by atoms with Crippen LogP contribution in [0, 0.1) is 19.8 Å². The van der Waals surface area contributed by atoms with Gasteiger partial charge in [0.15, 0.2) is 0 Å². The van der Waals surface area contributed by atoms with Crippen molar-refractivity contribution in [3.05, 3.63) is 41.3 Å². The molecule has 0 spiro atoms. The minimum atomic E-state index is -1.32. The molecule has 0 unspecified atom stereocenters. The van der Waals surface area contributed by atoms with Crippen molar-refractivity contribution < 1.29 is 23.8 Å². The van der Waals surface area contributed by atoms with E-state index in [1.807, 2.05) is 25.1 Å². The molecule has 3 aromatic rings. The molecule has 196 valence electrons. The van der Waals surface area contributed by atoms with Gasteiger partial charge in [-0.15, -0.1) is 0 Å². The third kappa shape index (κ3) is 5.44. The molecule has 0 radical (unpaired) electrons. The molecule has 0 saturated heterocycles. The van der Waals surface area contributed by atoms with Crippen LogP contribution in [0.3, 0.4) is 0 Å². The number of nitrogens with one attached hydrogen (secondary N) is 3. The largest absolute Gasteiger partial charge is 0.493 e. The molecule has 0 aliphatic heterocycles. The summed E-state index contributed by atoms with van der Waals surface area (Å²) in [5.41, 5.74) is 4.74. The van der Waals surface area contributed by atoms with Gasteiger partial charge in [0.05, 0.1) is 23.7 Å². The summed E-state index contributed by atoms with van der Waals surface area (Å²) in [7, 11) is 0. The summed E-state index contributed by atoms with van der Waals surface area (Å²) < 4.78 is 20.8. The van der Waals surface area contributed by atoms with E-state index in [9.17, 15) is 14.0 Å². The Hall–Kier alpha value is -3.53. The number of aromatic nitrogens is 3. The molecule has 37 heavy (non-hydrogen) atoms. The first-order chi connectivity index (χ1) is 17.8. The Labute approximate surface area is 214 Å². The van der Waals surface area contributed by atoms with E-state index in [0.717, 1.165) is 16.9 Å². The number of carbonyl (C=O) groups is 2. The summed E-state index contributed by atoms with van der Waals surface area (Å²) in [6, 6.07) is 4.94. The summed E-state index contributed by atoms with van der Waals surface area (Å²) in [6.07, 6.45) is 3.46. The van der Waals surface area contributed by atoms with Gasteiger partial charge >= 0.3 is 0 Å². The van der Waals surface area contributed by atoms with Crippen molar-refractivity contribution in [3.63, 3.8) is 0 Å². The van der Waals surface area contributed by atoms with Gasteiger partial charge in [0.1, 0.15) is 36.1 Å². The lowest BCUT2D eigenvalue weighted by Crippen LogP contribution is -2.50. The molecule has 2 saturated carbocycles. The number of amides is 2. The van der Waals surface area contributed by atoms with Crippen molar-refractivity contribution in [2.24, 2.45) is 5.92 Å². The van der Waals surface area contributed by atoms with Gasteiger partial charge in [0.2, 0.25) is 5.91 Å². The van der Waals surface area contributed by atoms with Gasteiger partial charge in [0, 0.05) is 23.7 Å². The summed E-state index contributed by atoms with van der Waals surface area (Å²) in [5, 5.41) is 14.3. The maximum Gasteiger partial charge on any atom is 0.255 e. The van der Waals surface area contributed by atoms with Gasteiger partial charge in [-0.25, -0.2) is 14.4 Å². The van der Waals surface area contributed by atoms with E-state index >= 15 is 0 Å². The number of aromatic amines is 1. The van der Waals surface area contributed by atoms with Crippen LogP contribution >= 0.6 is 0 Å². The number of fused-ring (bicyclic) bond motifs is 1. The molecule has 2 aliphatic rings. The molecule has 3 atom stereocenters. The first-order valence-electron chi connectivity index (χ1n) is 12.8. The molecule has 5 rings (SSSR count). The molecule has 10 heteroatoms. The van der Waals surface area contributed by atoms with Crippen molar-refractivity contribution in [3.8, 4) is 17.0 Å². The monoisotopic (exact) mass is 509 g/mol. The first-order valence-corrected chi connectivity index (χ1v) is 12.8. The molecule has 2 fully saturated rings. The van der Waals surface area contributed by atoms with Crippen LogP contribution < -0.4 is 15.4 Å². The SMILES string of the molecule is Cc1ccc(OCC2CC2)c(-c2ncnc3c(C(=O)N[C@H]4CC[C@H](NC(=O)CO)[C@H](F)C4)c(C)[nH]c23)c1. The first kappa shape index (κ1) is 25.1. The average molecular weight is 510 g/mol. The Bertz CT molecular complexity index is 1320. The van der Waals surface area contributed by atoms with Gasteiger partial charge in [0.25, 0.3) is 5.91 Å². The lowest BCUT2D eigenvalue weighted by Gasteiger charge is -2.32. The second kappa shape index (κ2) is 10.5. The highest BCUT2D eigenvalue weighted by Crippen LogP contribution is 2.37. The van der Waals surface area contributed by atoms with Crippen LogP contribution in [-0.2, 0) is 4.79 Å². The second-order valence-corrected chi connectivity index (χ2v) is 10.2. The minimum Gasteiger partial charge on any atom is -0.493 e. The number of benzene rings is 1. The number of aliphatic hydroxyl groups is 1. The fraction of sp³-hybridized carbons (Fsp3) is 0.481. The van der Waals surface area contributed by atoms with Crippen LogP contribution in [0.15, 0.2) is 24.5 Å². The summed E-state index contributed by atoms with van der Waals surface area (Å²) >= 11 is 0. The number of halogens is 1. The van der Waals surface area contributed by atoms with Crippen LogP contribution in [0.4, 0.5) is 4.39 Å². The van der Waals surface area contributed by atoms with Crippen molar-refractivity contribution in [1.82, 2.24) is 25.6 Å². The Morgan fingerprint density at radius 1 is 1.16 bits per heavy atom. The molecule has 9 nitrogen and oxygen atoms in total. The smallest absolute Gasteiger partial charge is 0.255 e. The molecular formula is C27H32FN5O4.